The maximum absolute atomic E-state index is 11.9. The van der Waals surface area contributed by atoms with Gasteiger partial charge in [-0.1, -0.05) is 43.5 Å². The number of rotatable bonds is 7. The minimum Gasteiger partial charge on any atom is -0.484 e. The highest BCUT2D eigenvalue weighted by atomic mass is 35.5. The average molecular weight is 348 g/mol. The first-order valence-electron chi connectivity index (χ1n) is 6.83. The maximum Gasteiger partial charge on any atom is 0.328 e. The summed E-state index contributed by atoms with van der Waals surface area (Å²) < 4.78 is 10.0. The van der Waals surface area contributed by atoms with Gasteiger partial charge in [-0.3, -0.25) is 4.79 Å². The lowest BCUT2D eigenvalue weighted by atomic mass is 9.99. The number of hydrogen-bond donors (Lipinski definition) is 1. The maximum atomic E-state index is 11.9. The predicted molar refractivity (Wildman–Crippen MR) is 85.4 cm³/mol. The number of esters is 1. The summed E-state index contributed by atoms with van der Waals surface area (Å²) in [7, 11) is 1.29. The van der Waals surface area contributed by atoms with Crippen molar-refractivity contribution in [3.63, 3.8) is 0 Å². The Balaban J connectivity index is 2.62. The van der Waals surface area contributed by atoms with Gasteiger partial charge in [0, 0.05) is 10.0 Å². The Morgan fingerprint density at radius 2 is 1.82 bits per heavy atom. The van der Waals surface area contributed by atoms with Crippen molar-refractivity contribution in [2.75, 3.05) is 13.7 Å². The van der Waals surface area contributed by atoms with Crippen LogP contribution in [0.1, 0.15) is 20.3 Å². The summed E-state index contributed by atoms with van der Waals surface area (Å²) in [5, 5.41) is 3.44. The number of benzene rings is 1. The summed E-state index contributed by atoms with van der Waals surface area (Å²) in [6, 6.07) is 3.96. The number of halogens is 2. The molecule has 0 unspecified atom stereocenters. The molecule has 5 nitrogen and oxygen atoms in total. The highest BCUT2D eigenvalue weighted by Gasteiger charge is 2.26. The van der Waals surface area contributed by atoms with Gasteiger partial charge in [0.15, 0.2) is 6.61 Å². The van der Waals surface area contributed by atoms with Gasteiger partial charge >= 0.3 is 5.97 Å². The molecular formula is C15H19Cl2NO4. The van der Waals surface area contributed by atoms with Crippen molar-refractivity contribution in [3.05, 3.63) is 28.2 Å². The molecule has 0 aliphatic rings. The number of carbonyl (C=O) groups is 2. The van der Waals surface area contributed by atoms with Crippen molar-refractivity contribution in [1.82, 2.24) is 5.32 Å². The lowest BCUT2D eigenvalue weighted by molar-refractivity contribution is -0.146. The zero-order chi connectivity index (χ0) is 16.7. The average Bonchev–Trinajstić information content (AvgIpc) is 2.48. The second-order valence-corrected chi connectivity index (χ2v) is 5.72. The van der Waals surface area contributed by atoms with Crippen LogP contribution in [-0.2, 0) is 14.3 Å². The number of carbonyl (C=O) groups excluding carboxylic acids is 2. The summed E-state index contributed by atoms with van der Waals surface area (Å²) in [6.07, 6.45) is 0.727. The van der Waals surface area contributed by atoms with Gasteiger partial charge in [-0.15, -0.1) is 0 Å². The van der Waals surface area contributed by atoms with Crippen LogP contribution in [0.4, 0.5) is 0 Å². The number of amides is 1. The van der Waals surface area contributed by atoms with Gasteiger partial charge in [-0.05, 0) is 24.1 Å². The lowest BCUT2D eigenvalue weighted by Gasteiger charge is -2.21. The fourth-order valence-electron chi connectivity index (χ4n) is 1.77. The van der Waals surface area contributed by atoms with E-state index in [1.165, 1.54) is 7.11 Å². The van der Waals surface area contributed by atoms with Crippen LogP contribution < -0.4 is 10.1 Å². The number of ether oxygens (including phenoxy) is 2. The van der Waals surface area contributed by atoms with Crippen molar-refractivity contribution in [2.24, 2.45) is 5.92 Å². The Bertz CT molecular complexity index is 516. The second kappa shape index (κ2) is 8.86. The molecule has 122 valence electrons. The Labute approximate surface area is 139 Å². The molecule has 1 aromatic carbocycles. The van der Waals surface area contributed by atoms with E-state index < -0.39 is 17.9 Å². The summed E-state index contributed by atoms with van der Waals surface area (Å²) in [5.41, 5.74) is 0. The van der Waals surface area contributed by atoms with Gasteiger partial charge in [0.25, 0.3) is 5.91 Å². The molecular weight excluding hydrogens is 329 g/mol. The van der Waals surface area contributed by atoms with E-state index in [0.717, 1.165) is 6.42 Å². The predicted octanol–water partition coefficient (Wildman–Crippen LogP) is 3.08. The lowest BCUT2D eigenvalue weighted by Crippen LogP contribution is -2.47. The monoisotopic (exact) mass is 347 g/mol. The largest absolute Gasteiger partial charge is 0.484 e. The van der Waals surface area contributed by atoms with E-state index in [1.807, 2.05) is 13.8 Å². The van der Waals surface area contributed by atoms with Crippen LogP contribution in [0.15, 0.2) is 18.2 Å². The molecule has 7 heteroatoms. The molecule has 0 aliphatic carbocycles. The second-order valence-electron chi connectivity index (χ2n) is 4.85. The first kappa shape index (κ1) is 18.6. The van der Waals surface area contributed by atoms with Crippen molar-refractivity contribution >= 4 is 35.1 Å². The SMILES string of the molecule is CC[C@H](C)[C@@H](NC(=O)COc1cc(Cl)cc(Cl)c1)C(=O)OC. The topological polar surface area (TPSA) is 64.6 Å². The van der Waals surface area contributed by atoms with Gasteiger partial charge in [-0.25, -0.2) is 4.79 Å². The third kappa shape index (κ3) is 5.73. The van der Waals surface area contributed by atoms with E-state index in [9.17, 15) is 9.59 Å². The quantitative estimate of drug-likeness (QED) is 0.769. The highest BCUT2D eigenvalue weighted by Crippen LogP contribution is 2.24. The van der Waals surface area contributed by atoms with Crippen LogP contribution in [0.5, 0.6) is 5.75 Å². The molecule has 1 aromatic rings. The van der Waals surface area contributed by atoms with E-state index in [1.54, 1.807) is 18.2 Å². The van der Waals surface area contributed by atoms with Crippen molar-refractivity contribution in [1.29, 1.82) is 0 Å². The van der Waals surface area contributed by atoms with Crippen molar-refractivity contribution in [3.8, 4) is 5.75 Å². The van der Waals surface area contributed by atoms with E-state index in [0.29, 0.717) is 15.8 Å². The van der Waals surface area contributed by atoms with Crippen LogP contribution in [0.3, 0.4) is 0 Å². The third-order valence-corrected chi connectivity index (χ3v) is 3.63. The van der Waals surface area contributed by atoms with E-state index >= 15 is 0 Å². The fraction of sp³-hybridized carbons (Fsp3) is 0.467. The molecule has 2 atom stereocenters. The summed E-state index contributed by atoms with van der Waals surface area (Å²) in [5.74, 6) is -0.567. The van der Waals surface area contributed by atoms with Crippen molar-refractivity contribution < 1.29 is 19.1 Å². The third-order valence-electron chi connectivity index (χ3n) is 3.19. The zero-order valence-corrected chi connectivity index (χ0v) is 14.2. The van der Waals surface area contributed by atoms with E-state index in [-0.39, 0.29) is 12.5 Å². The zero-order valence-electron chi connectivity index (χ0n) is 12.7. The fourth-order valence-corrected chi connectivity index (χ4v) is 2.28. The molecule has 1 rings (SSSR count). The molecule has 0 saturated heterocycles. The Kier molecular flexibility index (Phi) is 7.48. The molecule has 0 fully saturated rings. The van der Waals surface area contributed by atoms with E-state index in [4.69, 9.17) is 32.7 Å². The Hall–Kier alpha value is -1.46. The molecule has 0 aliphatic heterocycles. The van der Waals surface area contributed by atoms with Crippen LogP contribution in [0.25, 0.3) is 0 Å². The minimum absolute atomic E-state index is 0.0444. The van der Waals surface area contributed by atoms with Gasteiger partial charge in [0.05, 0.1) is 7.11 Å². The smallest absolute Gasteiger partial charge is 0.328 e. The Morgan fingerprint density at radius 1 is 1.23 bits per heavy atom. The van der Waals surface area contributed by atoms with Gasteiger partial charge in [-0.2, -0.15) is 0 Å². The standard InChI is InChI=1S/C15H19Cl2NO4/c1-4-9(2)14(15(20)21-3)18-13(19)8-22-12-6-10(16)5-11(17)7-12/h5-7,9,14H,4,8H2,1-3H3,(H,18,19)/t9-,14+/m0/s1. The summed E-state index contributed by atoms with van der Waals surface area (Å²) in [4.78, 5) is 23.6. The van der Waals surface area contributed by atoms with Gasteiger partial charge in [0.2, 0.25) is 0 Å². The van der Waals surface area contributed by atoms with Gasteiger partial charge in [0.1, 0.15) is 11.8 Å². The molecule has 0 saturated carbocycles. The van der Waals surface area contributed by atoms with E-state index in [2.05, 4.69) is 5.32 Å². The van der Waals surface area contributed by atoms with Crippen LogP contribution in [0, 0.1) is 5.92 Å². The first-order chi connectivity index (χ1) is 10.4. The van der Waals surface area contributed by atoms with Crippen LogP contribution in [-0.4, -0.2) is 31.6 Å². The van der Waals surface area contributed by atoms with Crippen LogP contribution >= 0.6 is 23.2 Å². The normalized spacial score (nSPS) is 13.1. The number of hydrogen-bond acceptors (Lipinski definition) is 4. The first-order valence-corrected chi connectivity index (χ1v) is 7.59. The van der Waals surface area contributed by atoms with Crippen molar-refractivity contribution in [2.45, 2.75) is 26.3 Å². The Morgan fingerprint density at radius 3 is 2.32 bits per heavy atom. The molecule has 0 heterocycles. The molecule has 0 spiro atoms. The number of nitrogens with one attached hydrogen (secondary N) is 1. The van der Waals surface area contributed by atoms with Gasteiger partial charge < -0.3 is 14.8 Å². The van der Waals surface area contributed by atoms with Crippen LogP contribution in [0.2, 0.25) is 10.0 Å². The summed E-state index contributed by atoms with van der Waals surface area (Å²) >= 11 is 11.7. The molecule has 0 aromatic heterocycles. The minimum atomic E-state index is -0.700. The summed E-state index contributed by atoms with van der Waals surface area (Å²) in [6.45, 7) is 3.54. The highest BCUT2D eigenvalue weighted by molar-refractivity contribution is 6.34. The molecule has 1 amide bonds. The molecule has 1 N–H and O–H groups in total. The molecule has 0 bridgehead atoms. The molecule has 0 radical (unpaired) electrons. The number of methoxy groups -OCH3 is 1. The molecule has 22 heavy (non-hydrogen) atoms.